The zero-order valence-corrected chi connectivity index (χ0v) is 12.6. The second-order valence-electron chi connectivity index (χ2n) is 4.94. The minimum absolute atomic E-state index is 0.0788. The Kier molecular flexibility index (Phi) is 5.82. The molecule has 0 saturated heterocycles. The van der Waals surface area contributed by atoms with Crippen molar-refractivity contribution in [3.63, 3.8) is 0 Å². The summed E-state index contributed by atoms with van der Waals surface area (Å²) in [7, 11) is 0. The quantitative estimate of drug-likeness (QED) is 0.873. The average Bonchev–Trinajstić information content (AvgIpc) is 2.27. The van der Waals surface area contributed by atoms with Gasteiger partial charge in [-0.15, -0.1) is 0 Å². The lowest BCUT2D eigenvalue weighted by atomic mass is 10.1. The lowest BCUT2D eigenvalue weighted by Crippen LogP contribution is -2.35. The Morgan fingerprint density at radius 1 is 1.28 bits per heavy atom. The number of carboxylic acid groups (broad SMARTS) is 1. The van der Waals surface area contributed by atoms with E-state index in [-0.39, 0.29) is 12.6 Å². The summed E-state index contributed by atoms with van der Waals surface area (Å²) in [6.07, 6.45) is 0. The summed E-state index contributed by atoms with van der Waals surface area (Å²) in [4.78, 5) is 12.9. The van der Waals surface area contributed by atoms with Crippen molar-refractivity contribution >= 4 is 21.9 Å². The molecule has 1 aromatic rings. The van der Waals surface area contributed by atoms with E-state index >= 15 is 0 Å². The fourth-order valence-electron chi connectivity index (χ4n) is 1.95. The summed E-state index contributed by atoms with van der Waals surface area (Å²) in [5, 5.41) is 8.99. The van der Waals surface area contributed by atoms with Crippen LogP contribution in [0, 0.1) is 5.92 Å². The second kappa shape index (κ2) is 6.90. The summed E-state index contributed by atoms with van der Waals surface area (Å²) in [5.74, 6) is -0.332. The molecule has 0 bridgehead atoms. The van der Waals surface area contributed by atoms with Crippen LogP contribution >= 0.6 is 15.9 Å². The first kappa shape index (κ1) is 15.2. The van der Waals surface area contributed by atoms with Crippen molar-refractivity contribution in [2.45, 2.75) is 26.8 Å². The zero-order chi connectivity index (χ0) is 13.7. The highest BCUT2D eigenvalue weighted by Crippen LogP contribution is 2.22. The van der Waals surface area contributed by atoms with E-state index in [9.17, 15) is 4.79 Å². The summed E-state index contributed by atoms with van der Waals surface area (Å²) >= 11 is 3.40. The highest BCUT2D eigenvalue weighted by atomic mass is 79.9. The molecule has 1 aromatic carbocycles. The van der Waals surface area contributed by atoms with E-state index < -0.39 is 5.97 Å². The third kappa shape index (κ3) is 4.78. The highest BCUT2D eigenvalue weighted by Gasteiger charge is 2.19. The molecule has 3 nitrogen and oxygen atoms in total. The van der Waals surface area contributed by atoms with Crippen molar-refractivity contribution < 1.29 is 9.90 Å². The predicted molar refractivity (Wildman–Crippen MR) is 76.6 cm³/mol. The predicted octanol–water partition coefficient (Wildman–Crippen LogP) is 3.55. The number of nitrogens with zero attached hydrogens (tertiary/aromatic N) is 1. The molecule has 1 unspecified atom stereocenters. The minimum Gasteiger partial charge on any atom is -0.480 e. The van der Waals surface area contributed by atoms with Crippen molar-refractivity contribution in [1.82, 2.24) is 4.90 Å². The van der Waals surface area contributed by atoms with Crippen LogP contribution in [0.5, 0.6) is 0 Å². The van der Waals surface area contributed by atoms with E-state index in [0.717, 1.165) is 16.6 Å². The van der Waals surface area contributed by atoms with Crippen molar-refractivity contribution in [2.75, 3.05) is 13.1 Å². The molecule has 0 aliphatic heterocycles. The Bertz CT molecular complexity index is 389. The van der Waals surface area contributed by atoms with Crippen LogP contribution < -0.4 is 0 Å². The molecule has 1 atom stereocenters. The minimum atomic E-state index is -0.778. The number of carboxylic acids is 1. The molecule has 100 valence electrons. The second-order valence-corrected chi connectivity index (χ2v) is 5.86. The van der Waals surface area contributed by atoms with Gasteiger partial charge in [0.05, 0.1) is 6.54 Å². The zero-order valence-electron chi connectivity index (χ0n) is 11.1. The van der Waals surface area contributed by atoms with Crippen LogP contribution in [0.15, 0.2) is 28.7 Å². The standard InChI is InChI=1S/C14H20BrNO2/c1-10(2)8-16(9-14(17)18)11(3)12-4-6-13(15)7-5-12/h4-7,10-11H,8-9H2,1-3H3,(H,17,18). The van der Waals surface area contributed by atoms with Gasteiger partial charge in [0.1, 0.15) is 0 Å². The highest BCUT2D eigenvalue weighted by molar-refractivity contribution is 9.10. The third-order valence-electron chi connectivity index (χ3n) is 2.84. The Labute approximate surface area is 117 Å². The number of carbonyl (C=O) groups is 1. The Morgan fingerprint density at radius 2 is 1.83 bits per heavy atom. The van der Waals surface area contributed by atoms with Gasteiger partial charge in [0.2, 0.25) is 0 Å². The fraction of sp³-hybridized carbons (Fsp3) is 0.500. The van der Waals surface area contributed by atoms with Crippen LogP contribution in [0.3, 0.4) is 0 Å². The average molecular weight is 314 g/mol. The molecule has 4 heteroatoms. The lowest BCUT2D eigenvalue weighted by molar-refractivity contribution is -0.139. The molecule has 1 N–H and O–H groups in total. The smallest absolute Gasteiger partial charge is 0.317 e. The van der Waals surface area contributed by atoms with E-state index in [1.165, 1.54) is 0 Å². The number of benzene rings is 1. The third-order valence-corrected chi connectivity index (χ3v) is 3.37. The van der Waals surface area contributed by atoms with Gasteiger partial charge in [-0.2, -0.15) is 0 Å². The van der Waals surface area contributed by atoms with Crippen LogP contribution in [-0.4, -0.2) is 29.1 Å². The molecule has 0 amide bonds. The molecule has 0 aromatic heterocycles. The van der Waals surface area contributed by atoms with Gasteiger partial charge in [-0.1, -0.05) is 41.9 Å². The topological polar surface area (TPSA) is 40.5 Å². The van der Waals surface area contributed by atoms with E-state index in [1.807, 2.05) is 29.2 Å². The van der Waals surface area contributed by atoms with Gasteiger partial charge >= 0.3 is 5.97 Å². The van der Waals surface area contributed by atoms with E-state index in [1.54, 1.807) is 0 Å². The Morgan fingerprint density at radius 3 is 2.28 bits per heavy atom. The first-order valence-electron chi connectivity index (χ1n) is 6.11. The maximum Gasteiger partial charge on any atom is 0.317 e. The summed E-state index contributed by atoms with van der Waals surface area (Å²) in [6.45, 7) is 7.11. The SMILES string of the molecule is CC(C)CN(CC(=O)O)C(C)c1ccc(Br)cc1. The fourth-order valence-corrected chi connectivity index (χ4v) is 2.22. The van der Waals surface area contributed by atoms with Gasteiger partial charge < -0.3 is 5.11 Å². The molecule has 0 heterocycles. The van der Waals surface area contributed by atoms with Gasteiger partial charge in [0, 0.05) is 17.1 Å². The van der Waals surface area contributed by atoms with Crippen molar-refractivity contribution in [3.05, 3.63) is 34.3 Å². The van der Waals surface area contributed by atoms with Crippen LogP contribution in [-0.2, 0) is 4.79 Å². The van der Waals surface area contributed by atoms with Crippen molar-refractivity contribution in [1.29, 1.82) is 0 Å². The molecular weight excluding hydrogens is 294 g/mol. The van der Waals surface area contributed by atoms with Crippen LogP contribution in [0.25, 0.3) is 0 Å². The molecule has 0 aliphatic rings. The lowest BCUT2D eigenvalue weighted by Gasteiger charge is -2.29. The van der Waals surface area contributed by atoms with Gasteiger partial charge in [0.15, 0.2) is 0 Å². The maximum atomic E-state index is 10.9. The molecule has 18 heavy (non-hydrogen) atoms. The van der Waals surface area contributed by atoms with E-state index in [4.69, 9.17) is 5.11 Å². The molecule has 0 fully saturated rings. The van der Waals surface area contributed by atoms with Gasteiger partial charge in [-0.05, 0) is 30.5 Å². The van der Waals surface area contributed by atoms with Crippen molar-refractivity contribution in [3.8, 4) is 0 Å². The number of aliphatic carboxylic acids is 1. The van der Waals surface area contributed by atoms with E-state index in [0.29, 0.717) is 5.92 Å². The van der Waals surface area contributed by atoms with Crippen LogP contribution in [0.1, 0.15) is 32.4 Å². The Balaban J connectivity index is 2.83. The molecule has 0 aliphatic carbocycles. The monoisotopic (exact) mass is 313 g/mol. The number of hydrogen-bond acceptors (Lipinski definition) is 2. The summed E-state index contributed by atoms with van der Waals surface area (Å²) in [6, 6.07) is 8.14. The molecule has 0 saturated carbocycles. The number of halogens is 1. The van der Waals surface area contributed by atoms with E-state index in [2.05, 4.69) is 36.7 Å². The van der Waals surface area contributed by atoms with Crippen molar-refractivity contribution in [2.24, 2.45) is 5.92 Å². The molecule has 0 radical (unpaired) electrons. The normalized spacial score (nSPS) is 13.0. The largest absolute Gasteiger partial charge is 0.480 e. The molecule has 0 spiro atoms. The van der Waals surface area contributed by atoms with Gasteiger partial charge in [-0.25, -0.2) is 0 Å². The Hall–Kier alpha value is -0.870. The van der Waals surface area contributed by atoms with Gasteiger partial charge in [0.25, 0.3) is 0 Å². The summed E-state index contributed by atoms with van der Waals surface area (Å²) in [5.41, 5.74) is 1.14. The number of hydrogen-bond donors (Lipinski definition) is 1. The maximum absolute atomic E-state index is 10.9. The molecule has 1 rings (SSSR count). The number of rotatable bonds is 6. The first-order chi connectivity index (χ1) is 8.40. The summed E-state index contributed by atoms with van der Waals surface area (Å²) < 4.78 is 1.03. The first-order valence-corrected chi connectivity index (χ1v) is 6.90. The van der Waals surface area contributed by atoms with Crippen LogP contribution in [0.2, 0.25) is 0 Å². The van der Waals surface area contributed by atoms with Gasteiger partial charge in [-0.3, -0.25) is 9.69 Å². The van der Waals surface area contributed by atoms with Crippen LogP contribution in [0.4, 0.5) is 0 Å². The molecular formula is C14H20BrNO2.